The first kappa shape index (κ1) is 12.0. The molecule has 0 saturated carbocycles. The average molecular weight is 253 g/mol. The minimum atomic E-state index is -0.658. The molecule has 1 N–H and O–H groups in total. The summed E-state index contributed by atoms with van der Waals surface area (Å²) in [4.78, 5) is 0. The van der Waals surface area contributed by atoms with E-state index >= 15 is 0 Å². The fourth-order valence-electron chi connectivity index (χ4n) is 1.48. The lowest BCUT2D eigenvalue weighted by atomic mass is 10.1. The number of hydrogen-bond acceptors (Lipinski definition) is 3. The smallest absolute Gasteiger partial charge is 0.127 e. The summed E-state index contributed by atoms with van der Waals surface area (Å²) < 4.78 is 10.6. The molecule has 1 heterocycles. The molecule has 0 aliphatic carbocycles. The Bertz CT molecular complexity index is 453. The molecule has 0 fully saturated rings. The summed E-state index contributed by atoms with van der Waals surface area (Å²) in [6.07, 6.45) is 2.61. The van der Waals surface area contributed by atoms with Crippen molar-refractivity contribution in [2.45, 2.75) is 6.10 Å². The first-order chi connectivity index (χ1) is 8.31. The van der Waals surface area contributed by atoms with E-state index in [1.165, 1.54) is 0 Å². The van der Waals surface area contributed by atoms with Gasteiger partial charge in [0.25, 0.3) is 0 Å². The third-order valence-electron chi connectivity index (χ3n) is 2.33. The van der Waals surface area contributed by atoms with Gasteiger partial charge in [0.1, 0.15) is 18.5 Å². The van der Waals surface area contributed by atoms with Crippen LogP contribution in [0.4, 0.5) is 0 Å². The minimum Gasteiger partial charge on any atom is -0.490 e. The van der Waals surface area contributed by atoms with Crippen LogP contribution in [0.25, 0.3) is 11.1 Å². The molecule has 0 spiro atoms. The number of ether oxygens (including phenoxy) is 1. The molecule has 4 heteroatoms. The summed E-state index contributed by atoms with van der Waals surface area (Å²) in [5, 5.41) is 9.37. The molecule has 1 aromatic heterocycles. The molecular weight excluding hydrogens is 240 g/mol. The van der Waals surface area contributed by atoms with Crippen molar-refractivity contribution < 1.29 is 14.3 Å². The second kappa shape index (κ2) is 5.75. The van der Waals surface area contributed by atoms with Gasteiger partial charge in [0.05, 0.1) is 18.4 Å². The van der Waals surface area contributed by atoms with Gasteiger partial charge in [-0.1, -0.05) is 18.2 Å². The van der Waals surface area contributed by atoms with Crippen molar-refractivity contribution in [2.75, 3.05) is 12.5 Å². The van der Waals surface area contributed by atoms with Crippen LogP contribution >= 0.6 is 11.6 Å². The van der Waals surface area contributed by atoms with Crippen LogP contribution in [0.1, 0.15) is 0 Å². The molecule has 0 amide bonds. The largest absolute Gasteiger partial charge is 0.490 e. The highest BCUT2D eigenvalue weighted by Crippen LogP contribution is 2.29. The summed E-state index contributed by atoms with van der Waals surface area (Å²) in [5.41, 5.74) is 1.88. The maximum absolute atomic E-state index is 9.37. The standard InChI is InChI=1S/C13H13ClO3/c14-7-11(15)9-17-13-4-2-1-3-12(13)10-5-6-16-8-10/h1-6,8,11,15H,7,9H2. The van der Waals surface area contributed by atoms with Gasteiger partial charge in [0.2, 0.25) is 0 Å². The summed E-state index contributed by atoms with van der Waals surface area (Å²) >= 11 is 5.51. The normalized spacial score (nSPS) is 12.4. The van der Waals surface area contributed by atoms with E-state index in [1.807, 2.05) is 30.3 Å². The molecule has 1 atom stereocenters. The molecule has 3 nitrogen and oxygen atoms in total. The predicted octanol–water partition coefficient (Wildman–Crippen LogP) is 2.93. The van der Waals surface area contributed by atoms with Crippen molar-refractivity contribution in [2.24, 2.45) is 0 Å². The fourth-order valence-corrected chi connectivity index (χ4v) is 1.57. The van der Waals surface area contributed by atoms with Crippen LogP contribution in [0.2, 0.25) is 0 Å². The monoisotopic (exact) mass is 252 g/mol. The quantitative estimate of drug-likeness (QED) is 0.832. The van der Waals surface area contributed by atoms with Gasteiger partial charge in [-0.25, -0.2) is 0 Å². The maximum atomic E-state index is 9.37. The Kier molecular flexibility index (Phi) is 4.07. The van der Waals surface area contributed by atoms with Crippen molar-refractivity contribution in [3.63, 3.8) is 0 Å². The average Bonchev–Trinajstić information content (AvgIpc) is 2.90. The van der Waals surface area contributed by atoms with Gasteiger partial charge in [0, 0.05) is 11.1 Å². The molecular formula is C13H13ClO3. The SMILES string of the molecule is OC(CCl)COc1ccccc1-c1ccoc1. The maximum Gasteiger partial charge on any atom is 0.127 e. The van der Waals surface area contributed by atoms with E-state index in [1.54, 1.807) is 12.5 Å². The first-order valence-corrected chi connectivity index (χ1v) is 5.83. The van der Waals surface area contributed by atoms with Gasteiger partial charge in [-0.05, 0) is 12.1 Å². The van der Waals surface area contributed by atoms with Crippen molar-refractivity contribution >= 4 is 11.6 Å². The first-order valence-electron chi connectivity index (χ1n) is 5.29. The lowest BCUT2D eigenvalue weighted by molar-refractivity contribution is 0.125. The number of benzene rings is 1. The number of alkyl halides is 1. The summed E-state index contributed by atoms with van der Waals surface area (Å²) in [7, 11) is 0. The number of hydrogen-bond donors (Lipinski definition) is 1. The number of furan rings is 1. The van der Waals surface area contributed by atoms with Gasteiger partial charge in [-0.15, -0.1) is 11.6 Å². The van der Waals surface area contributed by atoms with Crippen LogP contribution < -0.4 is 4.74 Å². The van der Waals surface area contributed by atoms with E-state index in [0.717, 1.165) is 11.1 Å². The fraction of sp³-hybridized carbons (Fsp3) is 0.231. The van der Waals surface area contributed by atoms with Crippen LogP contribution in [0, 0.1) is 0 Å². The molecule has 2 rings (SSSR count). The van der Waals surface area contributed by atoms with Crippen LogP contribution in [0.5, 0.6) is 5.75 Å². The Labute approximate surface area is 105 Å². The van der Waals surface area contributed by atoms with Gasteiger partial charge < -0.3 is 14.3 Å². The van der Waals surface area contributed by atoms with E-state index in [0.29, 0.717) is 5.75 Å². The molecule has 0 saturated heterocycles. The van der Waals surface area contributed by atoms with E-state index in [-0.39, 0.29) is 12.5 Å². The van der Waals surface area contributed by atoms with Gasteiger partial charge in [-0.3, -0.25) is 0 Å². The highest BCUT2D eigenvalue weighted by atomic mass is 35.5. The zero-order valence-corrected chi connectivity index (χ0v) is 9.93. The Balaban J connectivity index is 2.17. The topological polar surface area (TPSA) is 42.6 Å². The molecule has 1 aromatic carbocycles. The predicted molar refractivity (Wildman–Crippen MR) is 66.4 cm³/mol. The summed E-state index contributed by atoms with van der Waals surface area (Å²) in [5.74, 6) is 0.867. The van der Waals surface area contributed by atoms with Crippen molar-refractivity contribution in [3.05, 3.63) is 42.9 Å². The van der Waals surface area contributed by atoms with Gasteiger partial charge in [0.15, 0.2) is 0 Å². The lowest BCUT2D eigenvalue weighted by Gasteiger charge is -2.12. The van der Waals surface area contributed by atoms with Crippen LogP contribution in [-0.2, 0) is 0 Å². The third-order valence-corrected chi connectivity index (χ3v) is 2.68. The molecule has 0 aliphatic rings. The summed E-state index contributed by atoms with van der Waals surface area (Å²) in [6, 6.07) is 9.45. The molecule has 90 valence electrons. The van der Waals surface area contributed by atoms with Gasteiger partial charge in [-0.2, -0.15) is 0 Å². The highest BCUT2D eigenvalue weighted by Gasteiger charge is 2.09. The zero-order chi connectivity index (χ0) is 12.1. The van der Waals surface area contributed by atoms with Gasteiger partial charge >= 0.3 is 0 Å². The number of para-hydroxylation sites is 1. The number of aliphatic hydroxyl groups excluding tert-OH is 1. The van der Waals surface area contributed by atoms with E-state index in [4.69, 9.17) is 20.8 Å². The number of aliphatic hydroxyl groups is 1. The second-order valence-electron chi connectivity index (χ2n) is 3.63. The highest BCUT2D eigenvalue weighted by molar-refractivity contribution is 6.18. The Hall–Kier alpha value is -1.45. The third kappa shape index (κ3) is 3.02. The molecule has 1 unspecified atom stereocenters. The zero-order valence-electron chi connectivity index (χ0n) is 9.17. The molecule has 0 radical (unpaired) electrons. The Morgan fingerprint density at radius 1 is 1.29 bits per heavy atom. The van der Waals surface area contributed by atoms with Crippen LogP contribution in [-0.4, -0.2) is 23.7 Å². The van der Waals surface area contributed by atoms with Crippen LogP contribution in [0.3, 0.4) is 0 Å². The minimum absolute atomic E-state index is 0.161. The molecule has 2 aromatic rings. The number of halogens is 1. The Morgan fingerprint density at radius 2 is 2.12 bits per heavy atom. The van der Waals surface area contributed by atoms with Crippen LogP contribution in [0.15, 0.2) is 47.3 Å². The lowest BCUT2D eigenvalue weighted by Crippen LogP contribution is -2.19. The molecule has 17 heavy (non-hydrogen) atoms. The van der Waals surface area contributed by atoms with E-state index < -0.39 is 6.10 Å². The molecule has 0 bridgehead atoms. The molecule has 0 aliphatic heterocycles. The Morgan fingerprint density at radius 3 is 2.82 bits per heavy atom. The number of rotatable bonds is 5. The summed E-state index contributed by atoms with van der Waals surface area (Å²) in [6.45, 7) is 0.179. The van der Waals surface area contributed by atoms with Crippen molar-refractivity contribution in [3.8, 4) is 16.9 Å². The second-order valence-corrected chi connectivity index (χ2v) is 3.94. The van der Waals surface area contributed by atoms with E-state index in [9.17, 15) is 5.11 Å². The van der Waals surface area contributed by atoms with Crippen molar-refractivity contribution in [1.29, 1.82) is 0 Å². The van der Waals surface area contributed by atoms with Crippen molar-refractivity contribution in [1.82, 2.24) is 0 Å². The van der Waals surface area contributed by atoms with E-state index in [2.05, 4.69) is 0 Å².